The Morgan fingerprint density at radius 2 is 2.33 bits per heavy atom. The molecule has 1 aliphatic rings. The minimum atomic E-state index is -0.400. The van der Waals surface area contributed by atoms with Crippen LogP contribution in [0.3, 0.4) is 0 Å². The van der Waals surface area contributed by atoms with Gasteiger partial charge in [-0.1, -0.05) is 12.1 Å². The number of aryl methyl sites for hydroxylation is 1. The first-order valence-corrected chi connectivity index (χ1v) is 8.07. The van der Waals surface area contributed by atoms with Gasteiger partial charge < -0.3 is 15.7 Å². The molecule has 2 aromatic rings. The Labute approximate surface area is 127 Å². The van der Waals surface area contributed by atoms with E-state index in [1.165, 1.54) is 4.70 Å². The molecule has 0 aliphatic carbocycles. The first-order chi connectivity index (χ1) is 10.2. The molecular formula is C15H19N3O2S. The lowest BCUT2D eigenvalue weighted by atomic mass is 10.2. The van der Waals surface area contributed by atoms with E-state index in [9.17, 15) is 9.90 Å². The summed E-state index contributed by atoms with van der Waals surface area (Å²) in [5.74, 6) is -0.0177. The van der Waals surface area contributed by atoms with Crippen molar-refractivity contribution in [1.29, 1.82) is 0 Å². The summed E-state index contributed by atoms with van der Waals surface area (Å²) in [7, 11) is 0. The van der Waals surface area contributed by atoms with Gasteiger partial charge in [0.2, 0.25) is 5.91 Å². The number of aliphatic hydroxyl groups is 1. The molecule has 0 bridgehead atoms. The summed E-state index contributed by atoms with van der Waals surface area (Å²) in [5, 5.41) is 16.4. The molecule has 0 saturated carbocycles. The third-order valence-corrected chi connectivity index (χ3v) is 4.73. The van der Waals surface area contributed by atoms with Crippen molar-refractivity contribution < 1.29 is 9.90 Å². The van der Waals surface area contributed by atoms with Gasteiger partial charge >= 0.3 is 0 Å². The molecule has 6 heteroatoms. The first kappa shape index (κ1) is 14.4. The molecule has 1 aromatic heterocycles. The molecule has 1 amide bonds. The van der Waals surface area contributed by atoms with E-state index in [0.29, 0.717) is 19.5 Å². The van der Waals surface area contributed by atoms with Crippen LogP contribution in [0.2, 0.25) is 0 Å². The minimum absolute atomic E-state index is 0.0177. The Bertz CT molecular complexity index is 595. The number of carbonyl (C=O) groups is 1. The normalized spacial score (nSPS) is 21.8. The monoisotopic (exact) mass is 305 g/mol. The van der Waals surface area contributed by atoms with E-state index in [2.05, 4.69) is 21.7 Å². The number of hydrogen-bond donors (Lipinski definition) is 3. The summed E-state index contributed by atoms with van der Waals surface area (Å²) in [5.41, 5.74) is 1.05. The van der Waals surface area contributed by atoms with Crippen molar-refractivity contribution in [1.82, 2.24) is 15.6 Å². The van der Waals surface area contributed by atoms with Gasteiger partial charge in [-0.15, -0.1) is 11.3 Å². The SMILES string of the molecule is O=C(NCCCc1nc2ccccc2s1)[C@H]1C[C@@H](O)CN1. The molecule has 21 heavy (non-hydrogen) atoms. The lowest BCUT2D eigenvalue weighted by molar-refractivity contribution is -0.122. The number of aliphatic hydroxyl groups excluding tert-OH is 1. The van der Waals surface area contributed by atoms with Crippen molar-refractivity contribution in [3.8, 4) is 0 Å². The molecule has 0 unspecified atom stereocenters. The Kier molecular flexibility index (Phi) is 4.48. The Morgan fingerprint density at radius 3 is 3.10 bits per heavy atom. The maximum Gasteiger partial charge on any atom is 0.237 e. The Balaban J connectivity index is 1.42. The van der Waals surface area contributed by atoms with E-state index in [1.54, 1.807) is 11.3 Å². The predicted molar refractivity (Wildman–Crippen MR) is 83.4 cm³/mol. The number of nitrogens with one attached hydrogen (secondary N) is 2. The summed E-state index contributed by atoms with van der Waals surface area (Å²) in [6.45, 7) is 1.15. The van der Waals surface area contributed by atoms with Crippen molar-refractivity contribution in [2.75, 3.05) is 13.1 Å². The summed E-state index contributed by atoms with van der Waals surface area (Å²) >= 11 is 1.71. The molecule has 5 nitrogen and oxygen atoms in total. The maximum absolute atomic E-state index is 11.8. The molecule has 2 heterocycles. The van der Waals surface area contributed by atoms with Gasteiger partial charge in [-0.05, 0) is 25.0 Å². The van der Waals surface area contributed by atoms with E-state index in [0.717, 1.165) is 23.4 Å². The molecule has 3 rings (SSSR count). The highest BCUT2D eigenvalue weighted by molar-refractivity contribution is 7.18. The van der Waals surface area contributed by atoms with Crippen molar-refractivity contribution in [2.45, 2.75) is 31.4 Å². The van der Waals surface area contributed by atoms with Crippen molar-refractivity contribution >= 4 is 27.5 Å². The zero-order valence-electron chi connectivity index (χ0n) is 11.7. The topological polar surface area (TPSA) is 74.2 Å². The molecule has 1 aromatic carbocycles. The van der Waals surface area contributed by atoms with Gasteiger partial charge in [-0.25, -0.2) is 4.98 Å². The van der Waals surface area contributed by atoms with Crippen molar-refractivity contribution in [3.63, 3.8) is 0 Å². The average molecular weight is 305 g/mol. The number of aromatic nitrogens is 1. The largest absolute Gasteiger partial charge is 0.392 e. The van der Waals surface area contributed by atoms with Crippen LogP contribution in [0, 0.1) is 0 Å². The van der Waals surface area contributed by atoms with Crippen LogP contribution >= 0.6 is 11.3 Å². The molecule has 2 atom stereocenters. The number of rotatable bonds is 5. The number of thiazole rings is 1. The second-order valence-corrected chi connectivity index (χ2v) is 6.44. The van der Waals surface area contributed by atoms with Crippen LogP contribution in [0.15, 0.2) is 24.3 Å². The van der Waals surface area contributed by atoms with Gasteiger partial charge in [0.1, 0.15) is 0 Å². The van der Waals surface area contributed by atoms with Gasteiger partial charge in [-0.3, -0.25) is 4.79 Å². The molecule has 1 aliphatic heterocycles. The van der Waals surface area contributed by atoms with Crippen LogP contribution in [0.5, 0.6) is 0 Å². The van der Waals surface area contributed by atoms with Crippen molar-refractivity contribution in [3.05, 3.63) is 29.3 Å². The van der Waals surface area contributed by atoms with Gasteiger partial charge in [0.25, 0.3) is 0 Å². The van der Waals surface area contributed by atoms with Crippen LogP contribution in [0.4, 0.5) is 0 Å². The molecule has 1 saturated heterocycles. The Hall–Kier alpha value is -1.50. The molecule has 3 N–H and O–H groups in total. The highest BCUT2D eigenvalue weighted by Gasteiger charge is 2.27. The number of nitrogens with zero attached hydrogens (tertiary/aromatic N) is 1. The minimum Gasteiger partial charge on any atom is -0.392 e. The second-order valence-electron chi connectivity index (χ2n) is 5.32. The average Bonchev–Trinajstić information content (AvgIpc) is 3.09. The predicted octanol–water partition coefficient (Wildman–Crippen LogP) is 1.07. The van der Waals surface area contributed by atoms with E-state index in [1.807, 2.05) is 18.2 Å². The number of amides is 1. The molecule has 112 valence electrons. The summed E-state index contributed by atoms with van der Waals surface area (Å²) in [6, 6.07) is 7.87. The van der Waals surface area contributed by atoms with Gasteiger partial charge in [0.15, 0.2) is 0 Å². The first-order valence-electron chi connectivity index (χ1n) is 7.26. The molecule has 0 spiro atoms. The smallest absolute Gasteiger partial charge is 0.237 e. The number of para-hydroxylation sites is 1. The fourth-order valence-corrected chi connectivity index (χ4v) is 3.53. The lowest BCUT2D eigenvalue weighted by Crippen LogP contribution is -2.40. The molecule has 1 fully saturated rings. The highest BCUT2D eigenvalue weighted by atomic mass is 32.1. The van der Waals surface area contributed by atoms with Gasteiger partial charge in [-0.2, -0.15) is 0 Å². The van der Waals surface area contributed by atoms with E-state index >= 15 is 0 Å². The van der Waals surface area contributed by atoms with Gasteiger partial charge in [0, 0.05) is 19.5 Å². The standard InChI is InChI=1S/C15H19N3O2S/c19-10-8-12(17-9-10)15(20)16-7-3-6-14-18-11-4-1-2-5-13(11)21-14/h1-2,4-5,10,12,17,19H,3,6-9H2,(H,16,20)/t10-,12-/m1/s1. The number of benzene rings is 1. The number of hydrogen-bond acceptors (Lipinski definition) is 5. The fraction of sp³-hybridized carbons (Fsp3) is 0.467. The lowest BCUT2D eigenvalue weighted by Gasteiger charge is -2.10. The second kappa shape index (κ2) is 6.51. The van der Waals surface area contributed by atoms with Crippen LogP contribution < -0.4 is 10.6 Å². The number of fused-ring (bicyclic) bond motifs is 1. The zero-order valence-corrected chi connectivity index (χ0v) is 12.5. The molecule has 0 radical (unpaired) electrons. The summed E-state index contributed by atoms with van der Waals surface area (Å²) in [4.78, 5) is 16.4. The van der Waals surface area contributed by atoms with E-state index in [4.69, 9.17) is 0 Å². The van der Waals surface area contributed by atoms with Gasteiger partial charge in [0.05, 0.1) is 27.4 Å². The highest BCUT2D eigenvalue weighted by Crippen LogP contribution is 2.22. The third kappa shape index (κ3) is 3.58. The number of carbonyl (C=O) groups excluding carboxylic acids is 1. The summed E-state index contributed by atoms with van der Waals surface area (Å²) in [6.07, 6.45) is 1.86. The molecular weight excluding hydrogens is 286 g/mol. The van der Waals surface area contributed by atoms with Crippen LogP contribution in [0.25, 0.3) is 10.2 Å². The van der Waals surface area contributed by atoms with E-state index in [-0.39, 0.29) is 11.9 Å². The zero-order chi connectivity index (χ0) is 14.7. The maximum atomic E-state index is 11.8. The van der Waals surface area contributed by atoms with Crippen LogP contribution in [-0.4, -0.2) is 41.2 Å². The number of β-amino-alcohol motifs (C(OH)–C–C–N with tert-alkyl or cyclic N) is 1. The quantitative estimate of drug-likeness (QED) is 0.722. The van der Waals surface area contributed by atoms with Crippen LogP contribution in [-0.2, 0) is 11.2 Å². The Morgan fingerprint density at radius 1 is 1.48 bits per heavy atom. The van der Waals surface area contributed by atoms with Crippen LogP contribution in [0.1, 0.15) is 17.8 Å². The van der Waals surface area contributed by atoms with Crippen molar-refractivity contribution in [2.24, 2.45) is 0 Å². The van der Waals surface area contributed by atoms with E-state index < -0.39 is 6.10 Å². The summed E-state index contributed by atoms with van der Waals surface area (Å²) < 4.78 is 1.21. The third-order valence-electron chi connectivity index (χ3n) is 3.63. The fourth-order valence-electron chi connectivity index (χ4n) is 2.52.